The summed E-state index contributed by atoms with van der Waals surface area (Å²) in [4.78, 5) is 14.0. The largest absolute Gasteiger partial charge is 0.314 e. The molecule has 2 rings (SSSR count). The van der Waals surface area contributed by atoms with Gasteiger partial charge in [0.15, 0.2) is 0 Å². The fraction of sp³-hybridized carbons (Fsp3) is 0.462. The van der Waals surface area contributed by atoms with Gasteiger partial charge in [-0.25, -0.2) is 0 Å². The van der Waals surface area contributed by atoms with Crippen LogP contribution in [-0.2, 0) is 4.79 Å². The maximum atomic E-state index is 12.3. The van der Waals surface area contributed by atoms with E-state index in [0.29, 0.717) is 6.54 Å². The molecule has 1 amide bonds. The number of piperazine rings is 1. The molecule has 0 saturated carbocycles. The first-order valence-corrected chi connectivity index (χ1v) is 5.97. The standard InChI is InChI=1S/C13H19N3O/c1-10-5-3-4-6-12(10)16(2)13(17)11-9-14-7-8-15-11/h3-6,11,14-15H,7-9H2,1-2H3. The Bertz CT molecular complexity index is 399. The fourth-order valence-electron chi connectivity index (χ4n) is 2.12. The van der Waals surface area contributed by atoms with Gasteiger partial charge in [0.05, 0.1) is 6.04 Å². The minimum Gasteiger partial charge on any atom is -0.314 e. The monoisotopic (exact) mass is 233 g/mol. The minimum absolute atomic E-state index is 0.117. The first kappa shape index (κ1) is 12.1. The van der Waals surface area contributed by atoms with E-state index in [1.807, 2.05) is 38.2 Å². The molecule has 1 fully saturated rings. The smallest absolute Gasteiger partial charge is 0.245 e. The van der Waals surface area contributed by atoms with Crippen molar-refractivity contribution in [2.75, 3.05) is 31.6 Å². The van der Waals surface area contributed by atoms with Crippen molar-refractivity contribution in [1.82, 2.24) is 10.6 Å². The number of carbonyl (C=O) groups is 1. The van der Waals surface area contributed by atoms with Crippen molar-refractivity contribution in [2.45, 2.75) is 13.0 Å². The summed E-state index contributed by atoms with van der Waals surface area (Å²) in [6.45, 7) is 4.50. The number of para-hydroxylation sites is 1. The normalized spacial score (nSPS) is 20.0. The number of hydrogen-bond donors (Lipinski definition) is 2. The van der Waals surface area contributed by atoms with Gasteiger partial charge in [-0.05, 0) is 18.6 Å². The maximum absolute atomic E-state index is 12.3. The number of likely N-dealkylation sites (N-methyl/N-ethyl adjacent to an activating group) is 1. The van der Waals surface area contributed by atoms with E-state index in [-0.39, 0.29) is 11.9 Å². The highest BCUT2D eigenvalue weighted by atomic mass is 16.2. The highest BCUT2D eigenvalue weighted by Crippen LogP contribution is 2.18. The van der Waals surface area contributed by atoms with Crippen LogP contribution in [0.15, 0.2) is 24.3 Å². The van der Waals surface area contributed by atoms with E-state index < -0.39 is 0 Å². The fourth-order valence-corrected chi connectivity index (χ4v) is 2.12. The molecule has 1 unspecified atom stereocenters. The van der Waals surface area contributed by atoms with Crippen molar-refractivity contribution >= 4 is 11.6 Å². The first-order valence-electron chi connectivity index (χ1n) is 5.97. The second kappa shape index (κ2) is 5.29. The number of hydrogen-bond acceptors (Lipinski definition) is 3. The average molecular weight is 233 g/mol. The van der Waals surface area contributed by atoms with E-state index in [9.17, 15) is 4.79 Å². The summed E-state index contributed by atoms with van der Waals surface area (Å²) in [6, 6.07) is 7.82. The van der Waals surface area contributed by atoms with Crippen LogP contribution < -0.4 is 15.5 Å². The van der Waals surface area contributed by atoms with Gasteiger partial charge in [0.25, 0.3) is 0 Å². The second-order valence-electron chi connectivity index (χ2n) is 4.39. The van der Waals surface area contributed by atoms with Crippen molar-refractivity contribution in [3.8, 4) is 0 Å². The summed E-state index contributed by atoms with van der Waals surface area (Å²) in [6.07, 6.45) is 0. The Balaban J connectivity index is 2.11. The summed E-state index contributed by atoms with van der Waals surface area (Å²) in [5.41, 5.74) is 2.09. The molecule has 1 aromatic carbocycles. The Kier molecular flexibility index (Phi) is 3.76. The third kappa shape index (κ3) is 2.65. The highest BCUT2D eigenvalue weighted by molar-refractivity contribution is 5.97. The molecular formula is C13H19N3O. The maximum Gasteiger partial charge on any atom is 0.245 e. The third-order valence-electron chi connectivity index (χ3n) is 3.15. The van der Waals surface area contributed by atoms with E-state index in [0.717, 1.165) is 24.3 Å². The summed E-state index contributed by atoms with van der Waals surface area (Å²) < 4.78 is 0. The Morgan fingerprint density at radius 1 is 1.35 bits per heavy atom. The molecule has 1 aliphatic heterocycles. The number of amides is 1. The van der Waals surface area contributed by atoms with E-state index >= 15 is 0 Å². The second-order valence-corrected chi connectivity index (χ2v) is 4.39. The Morgan fingerprint density at radius 3 is 2.76 bits per heavy atom. The quantitative estimate of drug-likeness (QED) is 0.782. The van der Waals surface area contributed by atoms with Crippen LogP contribution in [0.3, 0.4) is 0 Å². The lowest BCUT2D eigenvalue weighted by atomic mass is 10.1. The average Bonchev–Trinajstić information content (AvgIpc) is 2.39. The zero-order valence-corrected chi connectivity index (χ0v) is 10.4. The molecule has 4 nitrogen and oxygen atoms in total. The van der Waals surface area contributed by atoms with E-state index in [1.165, 1.54) is 0 Å². The van der Waals surface area contributed by atoms with Crippen molar-refractivity contribution in [3.63, 3.8) is 0 Å². The third-order valence-corrected chi connectivity index (χ3v) is 3.15. The van der Waals surface area contributed by atoms with Crippen LogP contribution in [0.5, 0.6) is 0 Å². The topological polar surface area (TPSA) is 44.4 Å². The van der Waals surface area contributed by atoms with Crippen LogP contribution >= 0.6 is 0 Å². The zero-order chi connectivity index (χ0) is 12.3. The summed E-state index contributed by atoms with van der Waals surface area (Å²) in [5, 5.41) is 6.46. The molecule has 92 valence electrons. The lowest BCUT2D eigenvalue weighted by molar-refractivity contribution is -0.120. The Hall–Kier alpha value is -1.39. The van der Waals surface area contributed by atoms with Gasteiger partial charge >= 0.3 is 0 Å². The zero-order valence-electron chi connectivity index (χ0n) is 10.4. The molecule has 0 aromatic heterocycles. The van der Waals surface area contributed by atoms with Gasteiger partial charge in [0.2, 0.25) is 5.91 Å². The van der Waals surface area contributed by atoms with Crippen molar-refractivity contribution in [1.29, 1.82) is 0 Å². The lowest BCUT2D eigenvalue weighted by Crippen LogP contribution is -2.56. The van der Waals surface area contributed by atoms with Gasteiger partial charge in [-0.3, -0.25) is 4.79 Å². The van der Waals surface area contributed by atoms with Gasteiger partial charge in [-0.2, -0.15) is 0 Å². The molecule has 0 spiro atoms. The lowest BCUT2D eigenvalue weighted by Gasteiger charge is -2.28. The van der Waals surface area contributed by atoms with Crippen molar-refractivity contribution in [3.05, 3.63) is 29.8 Å². The minimum atomic E-state index is -0.117. The van der Waals surface area contributed by atoms with Crippen LogP contribution in [0.2, 0.25) is 0 Å². The number of benzene rings is 1. The molecule has 1 atom stereocenters. The summed E-state index contributed by atoms with van der Waals surface area (Å²) in [5.74, 6) is 0.117. The van der Waals surface area contributed by atoms with E-state index in [2.05, 4.69) is 10.6 Å². The number of carbonyl (C=O) groups excluding carboxylic acids is 1. The Morgan fingerprint density at radius 2 is 2.12 bits per heavy atom. The molecule has 0 aliphatic carbocycles. The van der Waals surface area contributed by atoms with Crippen LogP contribution in [0.4, 0.5) is 5.69 Å². The van der Waals surface area contributed by atoms with Gasteiger partial charge < -0.3 is 15.5 Å². The number of rotatable bonds is 2. The molecule has 1 heterocycles. The molecule has 4 heteroatoms. The van der Waals surface area contributed by atoms with E-state index in [1.54, 1.807) is 4.90 Å². The van der Waals surface area contributed by atoms with Gasteiger partial charge in [0.1, 0.15) is 0 Å². The number of nitrogens with one attached hydrogen (secondary N) is 2. The SMILES string of the molecule is Cc1ccccc1N(C)C(=O)C1CNCCN1. The molecule has 1 aliphatic rings. The number of nitrogens with zero attached hydrogens (tertiary/aromatic N) is 1. The molecule has 17 heavy (non-hydrogen) atoms. The van der Waals surface area contributed by atoms with Crippen LogP contribution in [0.25, 0.3) is 0 Å². The first-order chi connectivity index (χ1) is 8.20. The number of aryl methyl sites for hydroxylation is 1. The number of anilines is 1. The predicted octanol–water partition coefficient (Wildman–Crippen LogP) is 0.519. The van der Waals surface area contributed by atoms with Crippen LogP contribution in [0, 0.1) is 6.92 Å². The summed E-state index contributed by atoms with van der Waals surface area (Å²) >= 11 is 0. The summed E-state index contributed by atoms with van der Waals surface area (Å²) in [7, 11) is 1.83. The molecule has 2 N–H and O–H groups in total. The molecule has 1 aromatic rings. The van der Waals surface area contributed by atoms with Gasteiger partial charge in [0, 0.05) is 32.4 Å². The predicted molar refractivity (Wildman–Crippen MR) is 69.2 cm³/mol. The highest BCUT2D eigenvalue weighted by Gasteiger charge is 2.24. The Labute approximate surface area is 102 Å². The van der Waals surface area contributed by atoms with Crippen molar-refractivity contribution < 1.29 is 4.79 Å². The molecule has 0 bridgehead atoms. The van der Waals surface area contributed by atoms with E-state index in [4.69, 9.17) is 0 Å². The molecule has 0 radical (unpaired) electrons. The van der Waals surface area contributed by atoms with Crippen LogP contribution in [-0.4, -0.2) is 38.6 Å². The van der Waals surface area contributed by atoms with Crippen LogP contribution in [0.1, 0.15) is 5.56 Å². The van der Waals surface area contributed by atoms with Crippen molar-refractivity contribution in [2.24, 2.45) is 0 Å². The molecular weight excluding hydrogens is 214 g/mol. The molecule has 1 saturated heterocycles. The van der Waals surface area contributed by atoms with Gasteiger partial charge in [-0.15, -0.1) is 0 Å². The van der Waals surface area contributed by atoms with Gasteiger partial charge in [-0.1, -0.05) is 18.2 Å².